The third-order valence-electron chi connectivity index (χ3n) is 4.89. The molecule has 3 aliphatic carbocycles. The molecule has 3 rings (SSSR count). The fourth-order valence-corrected chi connectivity index (χ4v) is 3.87. The molecule has 0 aromatic carbocycles. The van der Waals surface area contributed by atoms with Crippen molar-refractivity contribution in [2.75, 3.05) is 6.54 Å². The molecule has 0 amide bonds. The molecule has 88 valence electrons. The Morgan fingerprint density at radius 2 is 2.31 bits per heavy atom. The van der Waals surface area contributed by atoms with Crippen LogP contribution >= 0.6 is 0 Å². The van der Waals surface area contributed by atoms with Gasteiger partial charge in [0.05, 0.1) is 6.42 Å². The maximum absolute atomic E-state index is 10.9. The molecule has 2 saturated carbocycles. The zero-order valence-corrected chi connectivity index (χ0v) is 9.48. The number of allylic oxidation sites excluding steroid dienone is 2. The minimum Gasteiger partial charge on any atom is -0.481 e. The van der Waals surface area contributed by atoms with Crippen molar-refractivity contribution in [2.24, 2.45) is 28.9 Å². The van der Waals surface area contributed by atoms with E-state index in [4.69, 9.17) is 10.8 Å². The monoisotopic (exact) mass is 221 g/mol. The molecule has 3 atom stereocenters. The van der Waals surface area contributed by atoms with E-state index in [1.54, 1.807) is 5.57 Å². The highest BCUT2D eigenvalue weighted by molar-refractivity contribution is 5.68. The van der Waals surface area contributed by atoms with Gasteiger partial charge in [-0.25, -0.2) is 0 Å². The van der Waals surface area contributed by atoms with Crippen molar-refractivity contribution in [3.63, 3.8) is 0 Å². The summed E-state index contributed by atoms with van der Waals surface area (Å²) in [4.78, 5) is 10.9. The number of aliphatic carboxylic acids is 1. The van der Waals surface area contributed by atoms with Crippen molar-refractivity contribution >= 4 is 5.97 Å². The van der Waals surface area contributed by atoms with Gasteiger partial charge in [-0.2, -0.15) is 0 Å². The van der Waals surface area contributed by atoms with E-state index < -0.39 is 5.97 Å². The van der Waals surface area contributed by atoms with Crippen molar-refractivity contribution in [3.8, 4) is 0 Å². The Hall–Kier alpha value is -0.830. The maximum atomic E-state index is 10.9. The van der Waals surface area contributed by atoms with Crippen molar-refractivity contribution in [1.82, 2.24) is 0 Å². The standard InChI is InChI=1S/C13H19NO2/c14-7-13(6-12(15)16)5-10-9(8-1-2-8)3-4-11(10)13/h3,8,10-11H,1-2,4-7,14H2,(H,15,16)/t10-,11+,13+/m0/s1. The largest absolute Gasteiger partial charge is 0.481 e. The molecule has 16 heavy (non-hydrogen) atoms. The number of hydrogen-bond donors (Lipinski definition) is 2. The molecule has 3 heteroatoms. The molecule has 0 aromatic rings. The van der Waals surface area contributed by atoms with Crippen LogP contribution < -0.4 is 5.73 Å². The summed E-state index contributed by atoms with van der Waals surface area (Å²) in [7, 11) is 0. The van der Waals surface area contributed by atoms with E-state index in [1.165, 1.54) is 12.8 Å². The van der Waals surface area contributed by atoms with Crippen LogP contribution in [0.5, 0.6) is 0 Å². The van der Waals surface area contributed by atoms with Gasteiger partial charge in [-0.3, -0.25) is 4.79 Å². The smallest absolute Gasteiger partial charge is 0.303 e. The molecule has 3 nitrogen and oxygen atoms in total. The molecule has 0 radical (unpaired) electrons. The number of rotatable bonds is 4. The van der Waals surface area contributed by atoms with Gasteiger partial charge in [0, 0.05) is 0 Å². The quantitative estimate of drug-likeness (QED) is 0.711. The second-order valence-electron chi connectivity index (χ2n) is 5.77. The van der Waals surface area contributed by atoms with Gasteiger partial charge in [0.1, 0.15) is 0 Å². The molecular weight excluding hydrogens is 202 g/mol. The van der Waals surface area contributed by atoms with Crippen LogP contribution in [0.4, 0.5) is 0 Å². The van der Waals surface area contributed by atoms with Crippen LogP contribution in [0.1, 0.15) is 32.1 Å². The van der Waals surface area contributed by atoms with Crippen LogP contribution in [-0.2, 0) is 4.79 Å². The van der Waals surface area contributed by atoms with Crippen LogP contribution in [0.25, 0.3) is 0 Å². The van der Waals surface area contributed by atoms with Gasteiger partial charge in [-0.1, -0.05) is 11.6 Å². The predicted octanol–water partition coefficient (Wildman–Crippen LogP) is 1.78. The van der Waals surface area contributed by atoms with Crippen LogP contribution in [0.15, 0.2) is 11.6 Å². The predicted molar refractivity (Wildman–Crippen MR) is 60.8 cm³/mol. The van der Waals surface area contributed by atoms with E-state index >= 15 is 0 Å². The molecule has 3 N–H and O–H groups in total. The lowest BCUT2D eigenvalue weighted by molar-refractivity contribution is -0.145. The minimum atomic E-state index is -0.691. The van der Waals surface area contributed by atoms with Crippen LogP contribution in [-0.4, -0.2) is 17.6 Å². The second-order valence-corrected chi connectivity index (χ2v) is 5.77. The summed E-state index contributed by atoms with van der Waals surface area (Å²) in [5, 5.41) is 8.98. The van der Waals surface area contributed by atoms with Gasteiger partial charge in [0.25, 0.3) is 0 Å². The zero-order valence-electron chi connectivity index (χ0n) is 9.48. The Morgan fingerprint density at radius 1 is 1.56 bits per heavy atom. The molecule has 0 heterocycles. The Kier molecular flexibility index (Phi) is 2.15. The van der Waals surface area contributed by atoms with Gasteiger partial charge >= 0.3 is 5.97 Å². The Morgan fingerprint density at radius 3 is 2.88 bits per heavy atom. The molecule has 0 aromatic heterocycles. The van der Waals surface area contributed by atoms with Crippen LogP contribution in [0.3, 0.4) is 0 Å². The minimum absolute atomic E-state index is 0.0936. The SMILES string of the molecule is NC[C@]1(CC(=O)O)C[C@H]2C(C3CC3)=CC[C@H]21. The highest BCUT2D eigenvalue weighted by Gasteiger charge is 2.57. The third-order valence-corrected chi connectivity index (χ3v) is 4.89. The highest BCUT2D eigenvalue weighted by atomic mass is 16.4. The summed E-state index contributed by atoms with van der Waals surface area (Å²) >= 11 is 0. The third kappa shape index (κ3) is 1.34. The first-order chi connectivity index (χ1) is 7.66. The number of carboxylic acid groups (broad SMARTS) is 1. The summed E-state index contributed by atoms with van der Waals surface area (Å²) in [6.07, 6.45) is 7.43. The summed E-state index contributed by atoms with van der Waals surface area (Å²) in [5.41, 5.74) is 7.37. The van der Waals surface area contributed by atoms with E-state index in [-0.39, 0.29) is 11.8 Å². The normalized spacial score (nSPS) is 41.2. The lowest BCUT2D eigenvalue weighted by atomic mass is 9.52. The molecule has 2 fully saturated rings. The number of hydrogen-bond acceptors (Lipinski definition) is 2. The maximum Gasteiger partial charge on any atom is 0.303 e. The summed E-state index contributed by atoms with van der Waals surface area (Å²) in [6.45, 7) is 0.534. The van der Waals surface area contributed by atoms with E-state index in [0.29, 0.717) is 18.4 Å². The van der Waals surface area contributed by atoms with E-state index in [0.717, 1.165) is 18.8 Å². The summed E-state index contributed by atoms with van der Waals surface area (Å²) < 4.78 is 0. The van der Waals surface area contributed by atoms with Gasteiger partial charge in [-0.05, 0) is 55.4 Å². The Bertz CT molecular complexity index is 359. The number of fused-ring (bicyclic) bond motifs is 1. The van der Waals surface area contributed by atoms with Gasteiger partial charge in [0.15, 0.2) is 0 Å². The summed E-state index contributed by atoms with van der Waals surface area (Å²) in [5.74, 6) is 1.36. The Balaban J connectivity index is 1.72. The highest BCUT2D eigenvalue weighted by Crippen LogP contribution is 2.63. The first-order valence-electron chi connectivity index (χ1n) is 6.28. The molecule has 0 aliphatic heterocycles. The Labute approximate surface area is 95.7 Å². The van der Waals surface area contributed by atoms with Gasteiger partial charge < -0.3 is 10.8 Å². The summed E-state index contributed by atoms with van der Waals surface area (Å²) in [6, 6.07) is 0. The average Bonchev–Trinajstić information content (AvgIpc) is 2.99. The first kappa shape index (κ1) is 10.3. The van der Waals surface area contributed by atoms with Crippen LogP contribution in [0.2, 0.25) is 0 Å². The van der Waals surface area contributed by atoms with E-state index in [2.05, 4.69) is 6.08 Å². The lowest BCUT2D eigenvalue weighted by Gasteiger charge is -2.53. The molecule has 0 bridgehead atoms. The number of carbonyl (C=O) groups is 1. The molecule has 0 spiro atoms. The lowest BCUT2D eigenvalue weighted by Crippen LogP contribution is -2.52. The van der Waals surface area contributed by atoms with Crippen LogP contribution in [0, 0.1) is 23.2 Å². The first-order valence-corrected chi connectivity index (χ1v) is 6.28. The van der Waals surface area contributed by atoms with E-state index in [1.807, 2.05) is 0 Å². The van der Waals surface area contributed by atoms with Gasteiger partial charge in [-0.15, -0.1) is 0 Å². The molecule has 3 aliphatic rings. The van der Waals surface area contributed by atoms with Crippen molar-refractivity contribution in [2.45, 2.75) is 32.1 Å². The topological polar surface area (TPSA) is 63.3 Å². The fourth-order valence-electron chi connectivity index (χ4n) is 3.87. The van der Waals surface area contributed by atoms with Crippen molar-refractivity contribution in [3.05, 3.63) is 11.6 Å². The van der Waals surface area contributed by atoms with Gasteiger partial charge in [0.2, 0.25) is 0 Å². The fraction of sp³-hybridized carbons (Fsp3) is 0.769. The molecule has 0 unspecified atom stereocenters. The average molecular weight is 221 g/mol. The van der Waals surface area contributed by atoms with Crippen molar-refractivity contribution < 1.29 is 9.90 Å². The van der Waals surface area contributed by atoms with Crippen molar-refractivity contribution in [1.29, 1.82) is 0 Å². The number of carboxylic acids is 1. The van der Waals surface area contributed by atoms with E-state index in [9.17, 15) is 4.79 Å². The second kappa shape index (κ2) is 3.33. The number of nitrogens with two attached hydrogens (primary N) is 1. The zero-order chi connectivity index (χ0) is 11.3. The molecule has 0 saturated heterocycles. The molecular formula is C13H19NO2.